The summed E-state index contributed by atoms with van der Waals surface area (Å²) in [6.07, 6.45) is -0.757. The molecule has 5 rings (SSSR count). The number of nitrogens with one attached hydrogen (secondary N) is 1. The molecule has 0 aliphatic carbocycles. The van der Waals surface area contributed by atoms with Crippen LogP contribution < -0.4 is 15.8 Å². The van der Waals surface area contributed by atoms with Crippen LogP contribution in [0.2, 0.25) is 0 Å². The highest BCUT2D eigenvalue weighted by atomic mass is 32.2. The second-order valence-electron chi connectivity index (χ2n) is 9.62. The topological polar surface area (TPSA) is 276 Å². The lowest BCUT2D eigenvalue weighted by molar-refractivity contribution is 0.215. The van der Waals surface area contributed by atoms with Crippen molar-refractivity contribution in [2.45, 2.75) is 14.7 Å². The summed E-state index contributed by atoms with van der Waals surface area (Å²) in [4.78, 5) is 9.03. The summed E-state index contributed by atoms with van der Waals surface area (Å²) in [5, 5.41) is 19.2. The third-order valence-corrected chi connectivity index (χ3v) is 9.99. The minimum absolute atomic E-state index is 0.0154. The lowest BCUT2D eigenvalue weighted by atomic mass is 10.0. The lowest BCUT2D eigenvalue weighted by Crippen LogP contribution is -2.16. The number of rotatable bonds is 8. The van der Waals surface area contributed by atoms with Crippen molar-refractivity contribution in [1.82, 2.24) is 0 Å². The van der Waals surface area contributed by atoms with E-state index in [9.17, 15) is 49.0 Å². The number of nitrogens with two attached hydrogens (primary N) is 1. The van der Waals surface area contributed by atoms with Gasteiger partial charge in [0.15, 0.2) is 0 Å². The normalized spacial score (nSPS) is 12.2. The van der Waals surface area contributed by atoms with E-state index in [0.29, 0.717) is 29.1 Å². The molecule has 6 N–H and O–H groups in total. The Balaban J connectivity index is 1.57. The van der Waals surface area contributed by atoms with Crippen molar-refractivity contribution >= 4 is 79.9 Å². The summed E-state index contributed by atoms with van der Waals surface area (Å²) in [5.41, 5.74) is 6.61. The minimum atomic E-state index is -5.24. The third kappa shape index (κ3) is 7.32. The maximum absolute atomic E-state index is 12.3. The van der Waals surface area contributed by atoms with Gasteiger partial charge >= 0.3 is 6.09 Å². The number of carbonyl (C=O) groups is 1. The second kappa shape index (κ2) is 12.7. The van der Waals surface area contributed by atoms with Gasteiger partial charge in [0.2, 0.25) is 0 Å². The van der Waals surface area contributed by atoms with Gasteiger partial charge in [0.05, 0.1) is 16.1 Å². The van der Waals surface area contributed by atoms with Crippen LogP contribution in [-0.2, 0) is 30.4 Å². The van der Waals surface area contributed by atoms with Crippen LogP contribution in [0.3, 0.4) is 0 Å². The predicted octanol–water partition coefficient (Wildman–Crippen LogP) is 5.79. The van der Waals surface area contributed by atoms with Gasteiger partial charge in [-0.25, -0.2) is 4.79 Å². The first-order valence-corrected chi connectivity index (χ1v) is 18.0. The number of para-hydroxylation sites is 1. The molecule has 0 atom stereocenters. The molecule has 1 heterocycles. The third-order valence-electron chi connectivity index (χ3n) is 6.46. The zero-order valence-electron chi connectivity index (χ0n) is 23.7. The molecule has 246 valence electrons. The molecule has 5 aromatic rings. The van der Waals surface area contributed by atoms with E-state index in [1.54, 1.807) is 30.3 Å². The summed E-state index contributed by atoms with van der Waals surface area (Å²) in [6, 6.07) is 19.0. The Bertz CT molecular complexity index is 2510. The van der Waals surface area contributed by atoms with Gasteiger partial charge in [-0.1, -0.05) is 41.7 Å². The lowest BCUT2D eigenvalue weighted by Gasteiger charge is -2.11. The molecular formula is C28H19N5O11S4. The summed E-state index contributed by atoms with van der Waals surface area (Å²) in [6.45, 7) is 0. The van der Waals surface area contributed by atoms with E-state index in [-0.39, 0.29) is 21.1 Å². The van der Waals surface area contributed by atoms with E-state index in [0.717, 1.165) is 23.5 Å². The van der Waals surface area contributed by atoms with E-state index in [2.05, 4.69) is 15.5 Å². The Kier molecular flexibility index (Phi) is 9.04. The molecule has 0 unspecified atom stereocenters. The molecule has 0 radical (unpaired) electrons. The van der Waals surface area contributed by atoms with Gasteiger partial charge in [-0.3, -0.25) is 19.0 Å². The number of azo groups is 1. The molecule has 0 spiro atoms. The summed E-state index contributed by atoms with van der Waals surface area (Å²) in [7, 11) is -15.6. The fraction of sp³-hybridized carbons (Fsp3) is 0. The molecule has 0 saturated carbocycles. The van der Waals surface area contributed by atoms with Crippen molar-refractivity contribution in [3.63, 3.8) is 0 Å². The minimum Gasteiger partial charge on any atom is -0.410 e. The van der Waals surface area contributed by atoms with E-state index >= 15 is 0 Å². The van der Waals surface area contributed by atoms with Gasteiger partial charge in [0.1, 0.15) is 31.6 Å². The highest BCUT2D eigenvalue weighted by molar-refractivity contribution is 7.87. The number of carbonyl (C=O) groups excluding carboxylic acids is 1. The molecule has 48 heavy (non-hydrogen) atoms. The molecule has 16 nitrogen and oxygen atoms in total. The fourth-order valence-electron chi connectivity index (χ4n) is 4.44. The van der Waals surface area contributed by atoms with Crippen LogP contribution in [0.1, 0.15) is 5.56 Å². The monoisotopic (exact) mass is 729 g/mol. The first kappa shape index (κ1) is 34.1. The van der Waals surface area contributed by atoms with Crippen LogP contribution in [0.25, 0.3) is 21.9 Å². The number of thiophene rings is 1. The van der Waals surface area contributed by atoms with E-state index in [1.807, 2.05) is 6.07 Å². The number of nitriles is 1. The molecule has 0 bridgehead atoms. The highest BCUT2D eigenvalue weighted by Crippen LogP contribution is 2.45. The summed E-state index contributed by atoms with van der Waals surface area (Å²) in [5.74, 6) is 0.321. The number of fused-ring (bicyclic) bond motifs is 1. The number of ether oxygens (including phenoxy) is 1. The van der Waals surface area contributed by atoms with E-state index in [1.165, 1.54) is 24.3 Å². The molecule has 0 fully saturated rings. The van der Waals surface area contributed by atoms with Gasteiger partial charge < -0.3 is 10.5 Å². The highest BCUT2D eigenvalue weighted by Gasteiger charge is 2.26. The Morgan fingerprint density at radius 1 is 0.812 bits per heavy atom. The number of hydrogen-bond acceptors (Lipinski definition) is 13. The van der Waals surface area contributed by atoms with Crippen molar-refractivity contribution in [3.8, 4) is 22.9 Å². The first-order valence-electron chi connectivity index (χ1n) is 12.9. The van der Waals surface area contributed by atoms with Gasteiger partial charge in [0.25, 0.3) is 30.4 Å². The molecule has 4 aromatic carbocycles. The maximum Gasteiger partial charge on any atom is 0.417 e. The molecule has 20 heteroatoms. The number of nitrogens with zero attached hydrogens (tertiary/aromatic N) is 3. The molecule has 0 aliphatic heterocycles. The number of amides is 1. The van der Waals surface area contributed by atoms with Crippen molar-refractivity contribution in [2.75, 3.05) is 11.1 Å². The number of nitrogen functional groups attached to an aromatic ring is 1. The predicted molar refractivity (Wildman–Crippen MR) is 173 cm³/mol. The van der Waals surface area contributed by atoms with Crippen LogP contribution in [0.5, 0.6) is 5.75 Å². The number of anilines is 2. The largest absolute Gasteiger partial charge is 0.417 e. The van der Waals surface area contributed by atoms with Gasteiger partial charge in [-0.2, -0.15) is 30.5 Å². The molecule has 0 saturated heterocycles. The number of hydrogen-bond donors (Lipinski definition) is 5. The Labute approximate surface area is 276 Å². The fourth-order valence-corrected chi connectivity index (χ4v) is 7.35. The quantitative estimate of drug-likeness (QED) is 0.0935. The van der Waals surface area contributed by atoms with Crippen LogP contribution in [0.15, 0.2) is 104 Å². The second-order valence-corrected chi connectivity index (χ2v) is 14.9. The van der Waals surface area contributed by atoms with Gasteiger partial charge in [0, 0.05) is 22.0 Å². The Morgan fingerprint density at radius 3 is 2.00 bits per heavy atom. The summed E-state index contributed by atoms with van der Waals surface area (Å²) >= 11 is 0.828. The van der Waals surface area contributed by atoms with Gasteiger partial charge in [-0.15, -0.1) is 10.2 Å². The van der Waals surface area contributed by atoms with Gasteiger partial charge in [-0.05, 0) is 54.1 Å². The molecule has 0 aliphatic rings. The molecule has 1 aromatic heterocycles. The SMILES string of the molecule is N#Cc1c(N)sc(N=Nc2cc(S(=O)(=O)O)c3cc(S(=O)(=O)O)cc(S(=O)(=O)O)c3c2)c1-c1ccc(NC(=O)Oc2ccccc2)cc1. The zero-order chi connectivity index (χ0) is 35.0. The summed E-state index contributed by atoms with van der Waals surface area (Å²) < 4.78 is 107. The Morgan fingerprint density at radius 2 is 1.42 bits per heavy atom. The standard InChI is InChI=1S/C28H19N5O11S4/c29-14-22-25(15-6-8-16(9-7-15)31-28(34)44-18-4-2-1-3-5-18)27(45-26(22)30)33-32-17-10-20-21(23(11-17)47(38,39)40)12-19(46(35,36)37)13-24(20)48(41,42)43/h1-13H,30H2,(H,31,34)(H,35,36,37)(H,38,39,40)(H,41,42,43). The zero-order valence-corrected chi connectivity index (χ0v) is 26.9. The van der Waals surface area contributed by atoms with Crippen molar-refractivity contribution in [2.24, 2.45) is 10.2 Å². The van der Waals surface area contributed by atoms with Crippen molar-refractivity contribution in [1.29, 1.82) is 5.26 Å². The average molecular weight is 730 g/mol. The first-order chi connectivity index (χ1) is 22.5. The van der Waals surface area contributed by atoms with Crippen LogP contribution in [0, 0.1) is 11.3 Å². The number of benzene rings is 4. The van der Waals surface area contributed by atoms with Crippen molar-refractivity contribution < 1.29 is 48.4 Å². The van der Waals surface area contributed by atoms with Crippen molar-refractivity contribution in [3.05, 3.63) is 84.4 Å². The average Bonchev–Trinajstić information content (AvgIpc) is 3.33. The van der Waals surface area contributed by atoms with E-state index in [4.69, 9.17) is 10.5 Å². The molecule has 1 amide bonds. The Hall–Kier alpha value is -5.27. The smallest absolute Gasteiger partial charge is 0.410 e. The van der Waals surface area contributed by atoms with Crippen LogP contribution >= 0.6 is 11.3 Å². The maximum atomic E-state index is 12.3. The van der Waals surface area contributed by atoms with Crippen LogP contribution in [0.4, 0.5) is 26.2 Å². The molecular weight excluding hydrogens is 711 g/mol. The van der Waals surface area contributed by atoms with Crippen LogP contribution in [-0.4, -0.2) is 45.0 Å². The van der Waals surface area contributed by atoms with E-state index < -0.39 is 67.6 Å².